The maximum absolute atomic E-state index is 6.74. The van der Waals surface area contributed by atoms with Crippen LogP contribution in [0, 0.1) is 5.92 Å². The van der Waals surface area contributed by atoms with E-state index in [0.29, 0.717) is 35.8 Å². The lowest BCUT2D eigenvalue weighted by atomic mass is 9.92. The van der Waals surface area contributed by atoms with E-state index in [1.165, 1.54) is 18.4 Å². The molecule has 2 heterocycles. The summed E-state index contributed by atoms with van der Waals surface area (Å²) in [7, 11) is -0.0318. The van der Waals surface area contributed by atoms with Gasteiger partial charge in [0, 0.05) is 37.4 Å². The maximum atomic E-state index is 6.74. The first kappa shape index (κ1) is 29.1. The van der Waals surface area contributed by atoms with E-state index in [1.807, 2.05) is 12.1 Å². The molecule has 1 saturated carbocycles. The predicted octanol–water partition coefficient (Wildman–Crippen LogP) is 8.27. The summed E-state index contributed by atoms with van der Waals surface area (Å²) in [5, 5.41) is 0.812. The first-order chi connectivity index (χ1) is 18.1. The Morgan fingerprint density at radius 1 is 1.08 bits per heavy atom. The summed E-state index contributed by atoms with van der Waals surface area (Å²) in [5.41, 5.74) is 4.23. The Labute approximate surface area is 235 Å². The minimum absolute atomic E-state index is 0.208. The van der Waals surface area contributed by atoms with Crippen LogP contribution in [0.4, 0.5) is 0 Å². The van der Waals surface area contributed by atoms with Crippen molar-refractivity contribution in [2.75, 3.05) is 33.5 Å². The van der Waals surface area contributed by atoms with Crippen molar-refractivity contribution in [2.45, 2.75) is 76.9 Å². The number of nitrogens with zero attached hydrogens (tertiary/aromatic N) is 1. The number of rotatable bonds is 11. The number of aromatic nitrogens is 1. The molecule has 2 aromatic rings. The number of hydrogen-bond acceptors (Lipinski definition) is 5. The van der Waals surface area contributed by atoms with Crippen LogP contribution >= 0.6 is 11.6 Å². The van der Waals surface area contributed by atoms with E-state index < -0.39 is 8.32 Å². The fourth-order valence-electron chi connectivity index (χ4n) is 4.49. The van der Waals surface area contributed by atoms with Crippen LogP contribution in [0.5, 0.6) is 11.6 Å². The summed E-state index contributed by atoms with van der Waals surface area (Å²) in [6.07, 6.45) is 7.60. The van der Waals surface area contributed by atoms with E-state index in [4.69, 9.17) is 35.2 Å². The zero-order valence-electron chi connectivity index (χ0n) is 23.9. The average Bonchev–Trinajstić information content (AvgIpc) is 3.73. The molecule has 0 atom stereocenters. The number of allylic oxidation sites excluding steroid dienone is 1. The molecule has 2 fully saturated rings. The lowest BCUT2D eigenvalue weighted by Gasteiger charge is -2.36. The van der Waals surface area contributed by atoms with Gasteiger partial charge in [-0.05, 0) is 79.4 Å². The normalized spacial score (nSPS) is 17.5. The second-order valence-electron chi connectivity index (χ2n) is 12.1. The van der Waals surface area contributed by atoms with E-state index in [1.54, 1.807) is 7.11 Å². The quantitative estimate of drug-likeness (QED) is 0.205. The molecule has 2 aliphatic rings. The number of benzene rings is 1. The highest BCUT2D eigenvalue weighted by Crippen LogP contribution is 2.44. The molecule has 0 N–H and O–H groups in total. The van der Waals surface area contributed by atoms with Gasteiger partial charge >= 0.3 is 0 Å². The third kappa shape index (κ3) is 7.41. The zero-order valence-corrected chi connectivity index (χ0v) is 25.7. The minimum atomic E-state index is -1.74. The first-order valence-electron chi connectivity index (χ1n) is 14.0. The molecular formula is C31H44ClNO4Si. The third-order valence-electron chi connectivity index (χ3n) is 8.10. The predicted molar refractivity (Wildman–Crippen MR) is 158 cm³/mol. The molecule has 1 aromatic carbocycles. The summed E-state index contributed by atoms with van der Waals surface area (Å²) in [5.74, 6) is 2.44. The largest absolute Gasteiger partial charge is 0.492 e. The van der Waals surface area contributed by atoms with Crippen molar-refractivity contribution in [1.82, 2.24) is 4.98 Å². The summed E-state index contributed by atoms with van der Waals surface area (Å²) in [6, 6.07) is 10.4. The van der Waals surface area contributed by atoms with Crippen molar-refractivity contribution < 1.29 is 18.6 Å². The van der Waals surface area contributed by atoms with Crippen molar-refractivity contribution in [1.29, 1.82) is 0 Å². The van der Waals surface area contributed by atoms with Crippen LogP contribution in [-0.4, -0.2) is 46.8 Å². The smallest absolute Gasteiger partial charge is 0.217 e. The standard InChI is InChI=1S/C31H44ClNO4Si/c1-31(2,3)38(5,6)37-17-7-16-36-29-13-10-24(21-27(29)32)26(20-22-14-18-35-19-15-22)28-12-11-25(23-8-9-23)30(33-28)34-4/h10-13,20-23H,7-9,14-19H2,1-6H3. The van der Waals surface area contributed by atoms with Gasteiger partial charge in [0.15, 0.2) is 8.32 Å². The van der Waals surface area contributed by atoms with Crippen LogP contribution in [0.2, 0.25) is 23.2 Å². The number of halogens is 1. The Morgan fingerprint density at radius 3 is 2.45 bits per heavy atom. The van der Waals surface area contributed by atoms with Crippen molar-refractivity contribution >= 4 is 25.5 Å². The lowest BCUT2D eigenvalue weighted by molar-refractivity contribution is 0.0786. The number of methoxy groups -OCH3 is 1. The van der Waals surface area contributed by atoms with Gasteiger partial charge in [-0.25, -0.2) is 4.98 Å². The van der Waals surface area contributed by atoms with Gasteiger partial charge in [-0.15, -0.1) is 0 Å². The van der Waals surface area contributed by atoms with E-state index in [2.05, 4.69) is 58.1 Å². The Morgan fingerprint density at radius 2 is 1.82 bits per heavy atom. The first-order valence-corrected chi connectivity index (χ1v) is 17.3. The second kappa shape index (κ2) is 12.5. The fraction of sp³-hybridized carbons (Fsp3) is 0.581. The molecule has 1 aliphatic heterocycles. The van der Waals surface area contributed by atoms with Crippen molar-refractivity contribution in [3.8, 4) is 11.6 Å². The highest BCUT2D eigenvalue weighted by Gasteiger charge is 2.36. The average molecular weight is 558 g/mol. The Hall–Kier alpha value is -1.86. The molecule has 1 aromatic heterocycles. The van der Waals surface area contributed by atoms with Crippen LogP contribution in [0.15, 0.2) is 36.4 Å². The van der Waals surface area contributed by atoms with Crippen LogP contribution in [0.3, 0.4) is 0 Å². The van der Waals surface area contributed by atoms with Gasteiger partial charge in [-0.2, -0.15) is 0 Å². The van der Waals surface area contributed by atoms with E-state index in [9.17, 15) is 0 Å². The maximum Gasteiger partial charge on any atom is 0.217 e. The third-order valence-corrected chi connectivity index (χ3v) is 12.9. The summed E-state index contributed by atoms with van der Waals surface area (Å²) >= 11 is 6.74. The monoisotopic (exact) mass is 557 g/mol. The summed E-state index contributed by atoms with van der Waals surface area (Å²) < 4.78 is 23.6. The van der Waals surface area contributed by atoms with Crippen molar-refractivity contribution in [3.05, 3.63) is 58.3 Å². The van der Waals surface area contributed by atoms with Crippen molar-refractivity contribution in [2.24, 2.45) is 5.92 Å². The molecule has 4 rings (SSSR count). The Bertz CT molecular complexity index is 1120. The molecule has 0 bridgehead atoms. The van der Waals surface area contributed by atoms with Gasteiger partial charge in [-0.1, -0.05) is 50.6 Å². The second-order valence-corrected chi connectivity index (χ2v) is 17.3. The Balaban J connectivity index is 1.49. The highest BCUT2D eigenvalue weighted by atomic mass is 35.5. The van der Waals surface area contributed by atoms with Gasteiger partial charge in [0.25, 0.3) is 0 Å². The van der Waals surface area contributed by atoms with E-state index in [0.717, 1.165) is 55.2 Å². The molecular weight excluding hydrogens is 514 g/mol. The van der Waals surface area contributed by atoms with Gasteiger partial charge < -0.3 is 18.6 Å². The van der Waals surface area contributed by atoms with Crippen LogP contribution in [-0.2, 0) is 9.16 Å². The van der Waals surface area contributed by atoms with Crippen LogP contribution < -0.4 is 9.47 Å². The number of ether oxygens (including phenoxy) is 3. The minimum Gasteiger partial charge on any atom is -0.492 e. The van der Waals surface area contributed by atoms with Crippen LogP contribution in [0.25, 0.3) is 5.57 Å². The van der Waals surface area contributed by atoms with E-state index >= 15 is 0 Å². The summed E-state index contributed by atoms with van der Waals surface area (Å²) in [6.45, 7) is 14.2. The van der Waals surface area contributed by atoms with Gasteiger partial charge in [0.1, 0.15) is 5.75 Å². The topological polar surface area (TPSA) is 49.8 Å². The molecule has 0 spiro atoms. The molecule has 5 nitrogen and oxygen atoms in total. The van der Waals surface area contributed by atoms with Gasteiger partial charge in [0.05, 0.1) is 24.4 Å². The molecule has 0 unspecified atom stereocenters. The molecule has 38 heavy (non-hydrogen) atoms. The number of pyridine rings is 1. The zero-order chi connectivity index (χ0) is 27.3. The van der Waals surface area contributed by atoms with Gasteiger partial charge in [0.2, 0.25) is 5.88 Å². The molecule has 1 aliphatic carbocycles. The SMILES string of the molecule is COc1nc(C(=CC2CCOCC2)c2ccc(OCCCO[Si](C)(C)C(C)(C)C)c(Cl)c2)ccc1C1CC1. The van der Waals surface area contributed by atoms with Gasteiger partial charge in [-0.3, -0.25) is 0 Å². The molecule has 1 saturated heterocycles. The fourth-order valence-corrected chi connectivity index (χ4v) is 5.81. The summed E-state index contributed by atoms with van der Waals surface area (Å²) in [4.78, 5) is 4.95. The highest BCUT2D eigenvalue weighted by molar-refractivity contribution is 6.74. The van der Waals surface area contributed by atoms with Crippen LogP contribution in [0.1, 0.15) is 75.6 Å². The molecule has 208 valence electrons. The van der Waals surface area contributed by atoms with Crippen molar-refractivity contribution in [3.63, 3.8) is 0 Å². The van der Waals surface area contributed by atoms with E-state index in [-0.39, 0.29) is 5.04 Å². The molecule has 0 radical (unpaired) electrons. The number of hydrogen-bond donors (Lipinski definition) is 0. The molecule has 0 amide bonds. The molecule has 7 heteroatoms. The Kier molecular flexibility index (Phi) is 9.61. The lowest BCUT2D eigenvalue weighted by Crippen LogP contribution is -2.41.